The lowest BCUT2D eigenvalue weighted by Crippen LogP contribution is -2.50. The Morgan fingerprint density at radius 3 is 2.00 bits per heavy atom. The summed E-state index contributed by atoms with van der Waals surface area (Å²) in [6.07, 6.45) is 0. The van der Waals surface area contributed by atoms with Gasteiger partial charge in [0.15, 0.2) is 0 Å². The molecule has 132 valence electrons. The molecule has 2 aromatic rings. The van der Waals surface area contributed by atoms with Gasteiger partial charge in [0.2, 0.25) is 10.0 Å². The largest absolute Gasteiger partial charge is 0.336 e. The van der Waals surface area contributed by atoms with E-state index in [0.29, 0.717) is 0 Å². The van der Waals surface area contributed by atoms with E-state index in [9.17, 15) is 22.0 Å². The number of carbonyl (C=O) groups excluding carboxylic acids is 1. The van der Waals surface area contributed by atoms with Crippen molar-refractivity contribution in [3.63, 3.8) is 0 Å². The Morgan fingerprint density at radius 1 is 0.840 bits per heavy atom. The van der Waals surface area contributed by atoms with Crippen molar-refractivity contribution in [1.82, 2.24) is 9.21 Å². The van der Waals surface area contributed by atoms with E-state index in [1.807, 2.05) is 0 Å². The first kappa shape index (κ1) is 17.5. The maximum Gasteiger partial charge on any atom is 0.256 e. The first-order valence-electron chi connectivity index (χ1n) is 7.70. The number of hydrogen-bond donors (Lipinski definition) is 0. The van der Waals surface area contributed by atoms with Crippen molar-refractivity contribution in [3.05, 3.63) is 65.7 Å². The molecule has 0 saturated carbocycles. The molecule has 25 heavy (non-hydrogen) atoms. The first-order valence-corrected chi connectivity index (χ1v) is 9.14. The number of benzene rings is 2. The molecular weight excluding hydrogens is 350 g/mol. The van der Waals surface area contributed by atoms with Crippen LogP contribution in [0.5, 0.6) is 0 Å². The van der Waals surface area contributed by atoms with Crippen LogP contribution in [0.4, 0.5) is 8.78 Å². The van der Waals surface area contributed by atoms with Crippen LogP contribution in [0.3, 0.4) is 0 Å². The molecule has 3 rings (SSSR count). The minimum absolute atomic E-state index is 0.0247. The van der Waals surface area contributed by atoms with Crippen LogP contribution in [0.2, 0.25) is 0 Å². The molecule has 1 fully saturated rings. The minimum atomic E-state index is -3.97. The molecule has 2 aromatic carbocycles. The predicted octanol–water partition coefficient (Wildman–Crippen LogP) is 2.11. The Labute approximate surface area is 144 Å². The summed E-state index contributed by atoms with van der Waals surface area (Å²) in [6.45, 7) is 0.273. The second-order valence-electron chi connectivity index (χ2n) is 5.61. The molecule has 1 aliphatic heterocycles. The number of piperazine rings is 1. The van der Waals surface area contributed by atoms with Gasteiger partial charge in [0.1, 0.15) is 16.5 Å². The number of nitrogens with zero attached hydrogens (tertiary/aromatic N) is 2. The lowest BCUT2D eigenvalue weighted by Gasteiger charge is -2.34. The fraction of sp³-hybridized carbons (Fsp3) is 0.235. The van der Waals surface area contributed by atoms with Gasteiger partial charge in [-0.05, 0) is 24.3 Å². The molecule has 1 saturated heterocycles. The van der Waals surface area contributed by atoms with Crippen LogP contribution in [0, 0.1) is 11.6 Å². The number of halogens is 2. The van der Waals surface area contributed by atoms with Gasteiger partial charge in [0.25, 0.3) is 5.91 Å². The number of amides is 1. The summed E-state index contributed by atoms with van der Waals surface area (Å²) >= 11 is 0. The third-order valence-electron chi connectivity index (χ3n) is 4.08. The second-order valence-corrected chi connectivity index (χ2v) is 7.51. The number of hydrogen-bond acceptors (Lipinski definition) is 3. The van der Waals surface area contributed by atoms with E-state index >= 15 is 0 Å². The highest BCUT2D eigenvalue weighted by Crippen LogP contribution is 2.21. The summed E-state index contributed by atoms with van der Waals surface area (Å²) in [4.78, 5) is 13.4. The average Bonchev–Trinajstić information content (AvgIpc) is 2.62. The molecule has 0 N–H and O–H groups in total. The zero-order valence-electron chi connectivity index (χ0n) is 13.2. The highest BCUT2D eigenvalue weighted by molar-refractivity contribution is 7.89. The monoisotopic (exact) mass is 366 g/mol. The quantitative estimate of drug-likeness (QED) is 0.836. The highest BCUT2D eigenvalue weighted by Gasteiger charge is 2.32. The topological polar surface area (TPSA) is 57.7 Å². The van der Waals surface area contributed by atoms with Gasteiger partial charge in [-0.25, -0.2) is 17.2 Å². The van der Waals surface area contributed by atoms with Crippen molar-refractivity contribution in [3.8, 4) is 0 Å². The predicted molar refractivity (Wildman–Crippen MR) is 87.5 cm³/mol. The van der Waals surface area contributed by atoms with E-state index in [2.05, 4.69) is 0 Å². The number of carbonyl (C=O) groups is 1. The van der Waals surface area contributed by atoms with Crippen molar-refractivity contribution >= 4 is 15.9 Å². The van der Waals surface area contributed by atoms with Crippen LogP contribution in [-0.4, -0.2) is 49.7 Å². The highest BCUT2D eigenvalue weighted by atomic mass is 32.2. The van der Waals surface area contributed by atoms with Crippen molar-refractivity contribution in [2.45, 2.75) is 4.90 Å². The Kier molecular flexibility index (Phi) is 4.82. The van der Waals surface area contributed by atoms with E-state index in [1.165, 1.54) is 41.3 Å². The molecular formula is C17H16F2N2O3S. The van der Waals surface area contributed by atoms with Crippen LogP contribution in [0.15, 0.2) is 53.4 Å². The Morgan fingerprint density at radius 2 is 1.40 bits per heavy atom. The fourth-order valence-electron chi connectivity index (χ4n) is 2.73. The lowest BCUT2D eigenvalue weighted by atomic mass is 10.1. The molecule has 1 heterocycles. The van der Waals surface area contributed by atoms with Gasteiger partial charge in [0, 0.05) is 26.2 Å². The molecule has 0 unspecified atom stereocenters. The van der Waals surface area contributed by atoms with Gasteiger partial charge in [0.05, 0.1) is 5.56 Å². The second kappa shape index (κ2) is 6.89. The van der Waals surface area contributed by atoms with Gasteiger partial charge in [-0.2, -0.15) is 4.31 Å². The Balaban J connectivity index is 1.73. The van der Waals surface area contributed by atoms with Crippen LogP contribution in [-0.2, 0) is 10.0 Å². The Hall–Kier alpha value is -2.32. The van der Waals surface area contributed by atoms with Gasteiger partial charge in [-0.15, -0.1) is 0 Å². The van der Waals surface area contributed by atoms with E-state index in [-0.39, 0.29) is 36.6 Å². The van der Waals surface area contributed by atoms with E-state index < -0.39 is 27.6 Å². The van der Waals surface area contributed by atoms with Crippen LogP contribution in [0.1, 0.15) is 10.4 Å². The van der Waals surface area contributed by atoms with Crippen molar-refractivity contribution < 1.29 is 22.0 Å². The summed E-state index contributed by atoms with van der Waals surface area (Å²) in [5, 5.41) is 0. The molecule has 8 heteroatoms. The standard InChI is InChI=1S/C17H16F2N2O3S/c18-14-6-2-1-5-13(14)17(22)20-9-11-21(12-10-20)25(23,24)16-8-4-3-7-15(16)19/h1-8H,9-12H2. The van der Waals surface area contributed by atoms with Gasteiger partial charge < -0.3 is 4.90 Å². The normalized spacial score (nSPS) is 16.0. The van der Waals surface area contributed by atoms with Crippen LogP contribution in [0.25, 0.3) is 0 Å². The van der Waals surface area contributed by atoms with Crippen LogP contribution < -0.4 is 0 Å². The molecule has 0 aromatic heterocycles. The van der Waals surface area contributed by atoms with Crippen molar-refractivity contribution in [2.24, 2.45) is 0 Å². The van der Waals surface area contributed by atoms with Gasteiger partial charge in [-0.1, -0.05) is 24.3 Å². The molecule has 0 bridgehead atoms. The van der Waals surface area contributed by atoms with E-state index in [0.717, 1.165) is 10.4 Å². The summed E-state index contributed by atoms with van der Waals surface area (Å²) in [7, 11) is -3.97. The van der Waals surface area contributed by atoms with Crippen molar-refractivity contribution in [2.75, 3.05) is 26.2 Å². The summed E-state index contributed by atoms with van der Waals surface area (Å²) in [5.74, 6) is -1.91. The summed E-state index contributed by atoms with van der Waals surface area (Å²) in [5.41, 5.74) is -0.0482. The number of sulfonamides is 1. The Bertz CT molecular complexity index is 894. The third kappa shape index (κ3) is 3.40. The lowest BCUT2D eigenvalue weighted by molar-refractivity contribution is 0.0693. The molecule has 5 nitrogen and oxygen atoms in total. The molecule has 0 atom stereocenters. The SMILES string of the molecule is O=C(c1ccccc1F)N1CCN(S(=O)(=O)c2ccccc2F)CC1. The van der Waals surface area contributed by atoms with Gasteiger partial charge >= 0.3 is 0 Å². The zero-order valence-corrected chi connectivity index (χ0v) is 14.0. The zero-order chi connectivity index (χ0) is 18.0. The summed E-state index contributed by atoms with van der Waals surface area (Å²) < 4.78 is 53.7. The van der Waals surface area contributed by atoms with Crippen molar-refractivity contribution in [1.29, 1.82) is 0 Å². The average molecular weight is 366 g/mol. The van der Waals surface area contributed by atoms with Crippen LogP contribution >= 0.6 is 0 Å². The molecule has 0 aliphatic carbocycles. The molecule has 0 radical (unpaired) electrons. The maximum absolute atomic E-state index is 13.8. The van der Waals surface area contributed by atoms with E-state index in [4.69, 9.17) is 0 Å². The maximum atomic E-state index is 13.8. The van der Waals surface area contributed by atoms with Gasteiger partial charge in [-0.3, -0.25) is 4.79 Å². The smallest absolute Gasteiger partial charge is 0.256 e. The third-order valence-corrected chi connectivity index (χ3v) is 6.02. The minimum Gasteiger partial charge on any atom is -0.336 e. The fourth-order valence-corrected chi connectivity index (χ4v) is 4.22. The van der Waals surface area contributed by atoms with E-state index in [1.54, 1.807) is 6.07 Å². The number of rotatable bonds is 3. The molecule has 1 aliphatic rings. The molecule has 1 amide bonds. The summed E-state index contributed by atoms with van der Waals surface area (Å²) in [6, 6.07) is 10.8. The first-order chi connectivity index (χ1) is 11.9. The molecule has 0 spiro atoms.